The molecule has 0 aromatic heterocycles. The molecule has 8 heteroatoms. The quantitative estimate of drug-likeness (QED) is 0.673. The minimum Gasteiger partial charge on any atom is -0.478 e. The van der Waals surface area contributed by atoms with E-state index in [1.807, 2.05) is 0 Å². The van der Waals surface area contributed by atoms with Gasteiger partial charge in [-0.3, -0.25) is 0 Å². The van der Waals surface area contributed by atoms with E-state index in [4.69, 9.17) is 5.11 Å². The van der Waals surface area contributed by atoms with Gasteiger partial charge in [-0.15, -0.1) is 0 Å². The van der Waals surface area contributed by atoms with Gasteiger partial charge < -0.3 is 14.6 Å². The third-order valence-electron chi connectivity index (χ3n) is 1.92. The zero-order valence-electron chi connectivity index (χ0n) is 9.05. The number of benzene rings is 1. The predicted molar refractivity (Wildman–Crippen MR) is 50.9 cm³/mol. The van der Waals surface area contributed by atoms with Gasteiger partial charge >= 0.3 is 12.1 Å². The monoisotopic (exact) mass is 268 g/mol. The fourth-order valence-corrected chi connectivity index (χ4v) is 1.16. The van der Waals surface area contributed by atoms with Crippen LogP contribution in [0.15, 0.2) is 12.1 Å². The lowest BCUT2D eigenvalue weighted by Gasteiger charge is -2.13. The third kappa shape index (κ3) is 3.10. The van der Waals surface area contributed by atoms with Crippen molar-refractivity contribution in [3.05, 3.63) is 29.1 Å². The number of rotatable bonds is 4. The molecule has 0 bridgehead atoms. The van der Waals surface area contributed by atoms with Gasteiger partial charge in [-0.05, 0) is 12.1 Å². The smallest absolute Gasteiger partial charge is 0.419 e. The van der Waals surface area contributed by atoms with Crippen molar-refractivity contribution < 1.29 is 36.9 Å². The number of hydrogen-bond donors (Lipinski definition) is 1. The molecule has 0 aliphatic carbocycles. The lowest BCUT2D eigenvalue weighted by atomic mass is 10.1. The first-order valence-electron chi connectivity index (χ1n) is 4.53. The van der Waals surface area contributed by atoms with Crippen molar-refractivity contribution in [2.75, 3.05) is 13.9 Å². The van der Waals surface area contributed by atoms with Crippen molar-refractivity contribution in [1.29, 1.82) is 0 Å². The molecular formula is C10H8F4O4. The Bertz CT molecular complexity index is 456. The van der Waals surface area contributed by atoms with Crippen LogP contribution in [0.1, 0.15) is 15.9 Å². The summed E-state index contributed by atoms with van der Waals surface area (Å²) in [6.45, 7) is -0.503. The van der Waals surface area contributed by atoms with E-state index in [0.717, 1.165) is 0 Å². The highest BCUT2D eigenvalue weighted by Gasteiger charge is 2.36. The second-order valence-corrected chi connectivity index (χ2v) is 3.19. The van der Waals surface area contributed by atoms with Crippen molar-refractivity contribution in [3.8, 4) is 5.75 Å². The first kappa shape index (κ1) is 14.2. The van der Waals surface area contributed by atoms with Gasteiger partial charge in [0.25, 0.3) is 0 Å². The summed E-state index contributed by atoms with van der Waals surface area (Å²) in [5, 5.41) is 8.64. The number of hydrogen-bond acceptors (Lipinski definition) is 3. The molecule has 0 atom stereocenters. The summed E-state index contributed by atoms with van der Waals surface area (Å²) >= 11 is 0. The number of ether oxygens (including phenoxy) is 2. The third-order valence-corrected chi connectivity index (χ3v) is 1.92. The van der Waals surface area contributed by atoms with E-state index in [1.54, 1.807) is 0 Å². The summed E-state index contributed by atoms with van der Waals surface area (Å²) in [6.07, 6.45) is -5.01. The van der Waals surface area contributed by atoms with E-state index in [9.17, 15) is 22.4 Å². The summed E-state index contributed by atoms with van der Waals surface area (Å²) in [5.41, 5.74) is -2.43. The van der Waals surface area contributed by atoms with Gasteiger partial charge in [-0.2, -0.15) is 13.2 Å². The topological polar surface area (TPSA) is 55.8 Å². The van der Waals surface area contributed by atoms with Gasteiger partial charge in [0.15, 0.2) is 18.4 Å². The Hall–Kier alpha value is -1.83. The molecule has 18 heavy (non-hydrogen) atoms. The van der Waals surface area contributed by atoms with Crippen LogP contribution < -0.4 is 4.74 Å². The van der Waals surface area contributed by atoms with Crippen molar-refractivity contribution in [2.45, 2.75) is 6.18 Å². The minimum atomic E-state index is -5.01. The zero-order chi connectivity index (χ0) is 13.9. The number of alkyl halides is 3. The molecule has 1 aromatic carbocycles. The summed E-state index contributed by atoms with van der Waals surface area (Å²) in [6, 6.07) is 0.864. The molecule has 4 nitrogen and oxygen atoms in total. The molecule has 0 aliphatic heterocycles. The van der Waals surface area contributed by atoms with Gasteiger partial charge in [0.05, 0.1) is 11.1 Å². The second kappa shape index (κ2) is 5.21. The summed E-state index contributed by atoms with van der Waals surface area (Å²) in [5.74, 6) is -4.13. The second-order valence-electron chi connectivity index (χ2n) is 3.19. The van der Waals surface area contributed by atoms with E-state index < -0.39 is 41.6 Å². The number of halogens is 4. The normalized spacial score (nSPS) is 11.4. The largest absolute Gasteiger partial charge is 0.478 e. The van der Waals surface area contributed by atoms with Crippen LogP contribution in [-0.2, 0) is 10.9 Å². The average Bonchev–Trinajstić information content (AvgIpc) is 2.25. The number of carbonyl (C=O) groups is 1. The highest BCUT2D eigenvalue weighted by molar-refractivity contribution is 5.88. The molecule has 0 spiro atoms. The van der Waals surface area contributed by atoms with Crippen molar-refractivity contribution in [2.24, 2.45) is 0 Å². The average molecular weight is 268 g/mol. The first-order valence-corrected chi connectivity index (χ1v) is 4.53. The SMILES string of the molecule is COCOc1cc(C(=O)O)cc(C(F)(F)F)c1F. The van der Waals surface area contributed by atoms with Crippen molar-refractivity contribution >= 4 is 5.97 Å². The molecule has 0 unspecified atom stereocenters. The highest BCUT2D eigenvalue weighted by Crippen LogP contribution is 2.36. The Balaban J connectivity index is 3.33. The maximum atomic E-state index is 13.4. The lowest BCUT2D eigenvalue weighted by Crippen LogP contribution is -2.13. The molecular weight excluding hydrogens is 260 g/mol. The molecule has 0 amide bonds. The van der Waals surface area contributed by atoms with Gasteiger partial charge in [0.2, 0.25) is 0 Å². The number of aromatic carboxylic acids is 1. The fourth-order valence-electron chi connectivity index (χ4n) is 1.16. The van der Waals surface area contributed by atoms with Gasteiger partial charge in [0.1, 0.15) is 0 Å². The highest BCUT2D eigenvalue weighted by atomic mass is 19.4. The Morgan fingerprint density at radius 2 is 2.00 bits per heavy atom. The molecule has 100 valence electrons. The molecule has 1 aromatic rings. The summed E-state index contributed by atoms with van der Waals surface area (Å²) in [7, 11) is 1.18. The standard InChI is InChI=1S/C10H8F4O4/c1-17-4-18-7-3-5(9(15)16)2-6(8(7)11)10(12,13)14/h2-3H,4H2,1H3,(H,15,16). The van der Waals surface area contributed by atoms with Crippen LogP contribution >= 0.6 is 0 Å². The van der Waals surface area contributed by atoms with E-state index in [2.05, 4.69) is 9.47 Å². The van der Waals surface area contributed by atoms with E-state index in [0.29, 0.717) is 6.07 Å². The van der Waals surface area contributed by atoms with Crippen molar-refractivity contribution in [1.82, 2.24) is 0 Å². The van der Waals surface area contributed by atoms with E-state index >= 15 is 0 Å². The predicted octanol–water partition coefficient (Wildman–Crippen LogP) is 2.53. The zero-order valence-corrected chi connectivity index (χ0v) is 9.05. The lowest BCUT2D eigenvalue weighted by molar-refractivity contribution is -0.140. The maximum absolute atomic E-state index is 13.4. The minimum absolute atomic E-state index is 0.206. The van der Waals surface area contributed by atoms with E-state index in [1.165, 1.54) is 7.11 Å². The first-order chi connectivity index (χ1) is 8.27. The maximum Gasteiger partial charge on any atom is 0.419 e. The Morgan fingerprint density at radius 3 is 2.44 bits per heavy atom. The van der Waals surface area contributed by atoms with E-state index in [-0.39, 0.29) is 6.07 Å². The van der Waals surface area contributed by atoms with Crippen LogP contribution in [0.25, 0.3) is 0 Å². The Labute approximate surface area is 98.7 Å². The van der Waals surface area contributed by atoms with Crippen LogP contribution in [-0.4, -0.2) is 25.0 Å². The number of carboxylic acids is 1. The summed E-state index contributed by atoms with van der Waals surface area (Å²) in [4.78, 5) is 10.6. The molecule has 0 saturated heterocycles. The van der Waals surface area contributed by atoms with Gasteiger partial charge in [-0.1, -0.05) is 0 Å². The number of methoxy groups -OCH3 is 1. The molecule has 0 radical (unpaired) electrons. The molecule has 0 fully saturated rings. The molecule has 0 aliphatic rings. The van der Waals surface area contributed by atoms with Crippen LogP contribution in [0.2, 0.25) is 0 Å². The fraction of sp³-hybridized carbons (Fsp3) is 0.300. The molecule has 1 N–H and O–H groups in total. The van der Waals surface area contributed by atoms with Crippen LogP contribution in [0, 0.1) is 5.82 Å². The Morgan fingerprint density at radius 1 is 1.39 bits per heavy atom. The van der Waals surface area contributed by atoms with Crippen LogP contribution in [0.4, 0.5) is 17.6 Å². The molecule has 0 heterocycles. The van der Waals surface area contributed by atoms with Crippen LogP contribution in [0.5, 0.6) is 5.75 Å². The van der Waals surface area contributed by atoms with Gasteiger partial charge in [-0.25, -0.2) is 9.18 Å². The molecule has 1 rings (SSSR count). The number of carboxylic acid groups (broad SMARTS) is 1. The summed E-state index contributed by atoms with van der Waals surface area (Å²) < 4.78 is 59.8. The van der Waals surface area contributed by atoms with Crippen LogP contribution in [0.3, 0.4) is 0 Å². The molecule has 0 saturated carbocycles. The Kier molecular flexibility index (Phi) is 4.12. The van der Waals surface area contributed by atoms with Crippen molar-refractivity contribution in [3.63, 3.8) is 0 Å². The van der Waals surface area contributed by atoms with Gasteiger partial charge in [0, 0.05) is 7.11 Å².